The fourth-order valence-corrected chi connectivity index (χ4v) is 2.80. The van der Waals surface area contributed by atoms with Gasteiger partial charge in [0.15, 0.2) is 5.75 Å². The minimum atomic E-state index is 0.299. The van der Waals surface area contributed by atoms with E-state index in [1.54, 1.807) is 0 Å². The zero-order valence-corrected chi connectivity index (χ0v) is 13.7. The molecule has 3 heteroatoms. The average Bonchev–Trinajstić information content (AvgIpc) is 2.91. The number of para-hydroxylation sites is 1. The quantitative estimate of drug-likeness (QED) is 0.728. The van der Waals surface area contributed by atoms with Crippen LogP contribution in [0.2, 0.25) is 0 Å². The zero-order chi connectivity index (χ0) is 16.2. The monoisotopic (exact) mass is 306 g/mol. The van der Waals surface area contributed by atoms with Crippen LogP contribution in [0.15, 0.2) is 54.6 Å². The highest BCUT2D eigenvalue weighted by Crippen LogP contribution is 2.34. The van der Waals surface area contributed by atoms with E-state index in [4.69, 9.17) is 5.10 Å². The molecule has 23 heavy (non-hydrogen) atoms. The Morgan fingerprint density at radius 1 is 1.00 bits per heavy atom. The Labute approximate surface area is 137 Å². The minimum Gasteiger partial charge on any atom is -0.504 e. The smallest absolute Gasteiger partial charge is 0.165 e. The predicted molar refractivity (Wildman–Crippen MR) is 94.0 cm³/mol. The maximum atomic E-state index is 10.8. The molecular weight excluding hydrogens is 284 g/mol. The van der Waals surface area contributed by atoms with Gasteiger partial charge < -0.3 is 5.11 Å². The van der Waals surface area contributed by atoms with Crippen molar-refractivity contribution in [2.24, 2.45) is 0 Å². The number of hydrogen-bond acceptors (Lipinski definition) is 2. The molecule has 0 spiro atoms. The van der Waals surface area contributed by atoms with Gasteiger partial charge in [0, 0.05) is 5.56 Å². The first kappa shape index (κ1) is 15.3. The molecule has 1 heterocycles. The molecule has 0 atom stereocenters. The Balaban J connectivity index is 2.16. The van der Waals surface area contributed by atoms with Gasteiger partial charge in [-0.3, -0.25) is 0 Å². The van der Waals surface area contributed by atoms with Crippen molar-refractivity contribution in [2.75, 3.05) is 0 Å². The third kappa shape index (κ3) is 3.00. The van der Waals surface area contributed by atoms with Crippen LogP contribution in [-0.4, -0.2) is 14.9 Å². The normalized spacial score (nSPS) is 10.9. The summed E-state index contributed by atoms with van der Waals surface area (Å²) in [6.07, 6.45) is 2.93. The van der Waals surface area contributed by atoms with Crippen molar-refractivity contribution in [3.05, 3.63) is 65.9 Å². The second kappa shape index (κ2) is 6.69. The number of unbranched alkanes of at least 4 members (excludes halogenated alkanes) is 1. The van der Waals surface area contributed by atoms with Gasteiger partial charge in [0.2, 0.25) is 0 Å². The lowest BCUT2D eigenvalue weighted by atomic mass is 10.1. The van der Waals surface area contributed by atoms with Crippen molar-refractivity contribution in [2.45, 2.75) is 33.1 Å². The van der Waals surface area contributed by atoms with Crippen LogP contribution in [0.1, 0.15) is 31.0 Å². The number of aryl methyl sites for hydroxylation is 1. The molecular formula is C20H22N2O. The van der Waals surface area contributed by atoms with E-state index in [1.807, 2.05) is 53.2 Å². The molecule has 2 aromatic carbocycles. The van der Waals surface area contributed by atoms with Gasteiger partial charge in [-0.05, 0) is 31.4 Å². The van der Waals surface area contributed by atoms with Crippen LogP contribution in [-0.2, 0) is 6.42 Å². The van der Waals surface area contributed by atoms with E-state index in [-0.39, 0.29) is 0 Å². The summed E-state index contributed by atoms with van der Waals surface area (Å²) in [5.41, 5.74) is 4.65. The number of nitrogens with zero attached hydrogens (tertiary/aromatic N) is 2. The first-order valence-corrected chi connectivity index (χ1v) is 8.14. The third-order valence-corrected chi connectivity index (χ3v) is 4.11. The van der Waals surface area contributed by atoms with Gasteiger partial charge in [-0.2, -0.15) is 5.10 Å². The maximum Gasteiger partial charge on any atom is 0.165 e. The highest BCUT2D eigenvalue weighted by atomic mass is 16.3. The lowest BCUT2D eigenvalue weighted by Crippen LogP contribution is -2.04. The summed E-state index contributed by atoms with van der Waals surface area (Å²) in [6.45, 7) is 4.23. The summed E-state index contributed by atoms with van der Waals surface area (Å²) in [6, 6.07) is 18.0. The van der Waals surface area contributed by atoms with E-state index in [2.05, 4.69) is 19.9 Å². The van der Waals surface area contributed by atoms with E-state index in [1.165, 1.54) is 0 Å². The third-order valence-electron chi connectivity index (χ3n) is 4.11. The molecule has 118 valence electrons. The molecule has 0 unspecified atom stereocenters. The number of aromatic nitrogens is 2. The summed E-state index contributed by atoms with van der Waals surface area (Å²) in [5.74, 6) is 0.299. The summed E-state index contributed by atoms with van der Waals surface area (Å²) in [4.78, 5) is 0. The molecule has 0 saturated heterocycles. The Hall–Kier alpha value is -2.55. The topological polar surface area (TPSA) is 38.1 Å². The summed E-state index contributed by atoms with van der Waals surface area (Å²) in [5, 5.41) is 15.5. The van der Waals surface area contributed by atoms with E-state index in [9.17, 15) is 5.11 Å². The van der Waals surface area contributed by atoms with Crippen LogP contribution < -0.4 is 0 Å². The van der Waals surface area contributed by atoms with Crippen molar-refractivity contribution >= 4 is 0 Å². The Bertz CT molecular complexity index is 791. The molecule has 0 amide bonds. The van der Waals surface area contributed by atoms with Gasteiger partial charge in [0.05, 0.1) is 11.4 Å². The van der Waals surface area contributed by atoms with E-state index in [0.717, 1.165) is 41.8 Å². The minimum absolute atomic E-state index is 0.299. The first-order valence-electron chi connectivity index (χ1n) is 8.14. The fraction of sp³-hybridized carbons (Fsp3) is 0.250. The summed E-state index contributed by atoms with van der Waals surface area (Å²) in [7, 11) is 0. The zero-order valence-electron chi connectivity index (χ0n) is 13.7. The second-order valence-electron chi connectivity index (χ2n) is 5.81. The van der Waals surface area contributed by atoms with Crippen molar-refractivity contribution in [3.8, 4) is 22.7 Å². The van der Waals surface area contributed by atoms with Gasteiger partial charge in [0.25, 0.3) is 0 Å². The molecule has 3 rings (SSSR count). The van der Waals surface area contributed by atoms with Gasteiger partial charge in [-0.25, -0.2) is 4.68 Å². The highest BCUT2D eigenvalue weighted by Gasteiger charge is 2.19. The number of hydrogen-bond donors (Lipinski definition) is 1. The van der Waals surface area contributed by atoms with Crippen LogP contribution in [0.5, 0.6) is 5.75 Å². The van der Waals surface area contributed by atoms with Crippen LogP contribution in [0.4, 0.5) is 0 Å². The Kier molecular flexibility index (Phi) is 4.47. The second-order valence-corrected chi connectivity index (χ2v) is 5.81. The number of rotatable bonds is 5. The lowest BCUT2D eigenvalue weighted by Gasteiger charge is -2.09. The predicted octanol–water partition coefficient (Wildman–Crippen LogP) is 4.90. The van der Waals surface area contributed by atoms with Crippen molar-refractivity contribution in [1.29, 1.82) is 0 Å². The molecule has 1 N–H and O–H groups in total. The molecule has 1 aromatic heterocycles. The van der Waals surface area contributed by atoms with Gasteiger partial charge in [-0.1, -0.05) is 61.9 Å². The van der Waals surface area contributed by atoms with E-state index in [0.29, 0.717) is 11.4 Å². The molecule has 0 aliphatic rings. The largest absolute Gasteiger partial charge is 0.504 e. The fourth-order valence-electron chi connectivity index (χ4n) is 2.80. The summed E-state index contributed by atoms with van der Waals surface area (Å²) >= 11 is 0. The van der Waals surface area contributed by atoms with Gasteiger partial charge in [-0.15, -0.1) is 0 Å². The molecule has 0 aliphatic heterocycles. The van der Waals surface area contributed by atoms with E-state index >= 15 is 0 Å². The molecule has 0 radical (unpaired) electrons. The number of benzene rings is 2. The van der Waals surface area contributed by atoms with E-state index < -0.39 is 0 Å². The summed E-state index contributed by atoms with van der Waals surface area (Å²) < 4.78 is 1.91. The first-order chi connectivity index (χ1) is 11.2. The average molecular weight is 306 g/mol. The Morgan fingerprint density at radius 2 is 1.70 bits per heavy atom. The van der Waals surface area contributed by atoms with Crippen molar-refractivity contribution in [3.63, 3.8) is 0 Å². The highest BCUT2D eigenvalue weighted by molar-refractivity contribution is 5.68. The molecule has 0 saturated carbocycles. The van der Waals surface area contributed by atoms with Gasteiger partial charge in [0.1, 0.15) is 5.69 Å². The molecule has 0 bridgehead atoms. The maximum absolute atomic E-state index is 10.8. The molecule has 3 nitrogen and oxygen atoms in total. The van der Waals surface area contributed by atoms with Gasteiger partial charge >= 0.3 is 0 Å². The van der Waals surface area contributed by atoms with Crippen LogP contribution in [0.3, 0.4) is 0 Å². The lowest BCUT2D eigenvalue weighted by molar-refractivity contribution is 0.467. The SMILES string of the molecule is CCCCc1c(O)c(-c2ccccc2)nn1-c1ccccc1C. The van der Waals surface area contributed by atoms with Crippen molar-refractivity contribution < 1.29 is 5.11 Å². The van der Waals surface area contributed by atoms with Crippen LogP contribution in [0, 0.1) is 6.92 Å². The Morgan fingerprint density at radius 3 is 2.39 bits per heavy atom. The van der Waals surface area contributed by atoms with Crippen molar-refractivity contribution in [1.82, 2.24) is 9.78 Å². The molecule has 0 aliphatic carbocycles. The van der Waals surface area contributed by atoms with Crippen LogP contribution >= 0.6 is 0 Å². The molecule has 3 aromatic rings. The van der Waals surface area contributed by atoms with Crippen LogP contribution in [0.25, 0.3) is 16.9 Å². The number of aromatic hydroxyl groups is 1. The molecule has 0 fully saturated rings. The standard InChI is InChI=1S/C20H22N2O/c1-3-4-13-18-20(23)19(16-11-6-5-7-12-16)21-22(18)17-14-9-8-10-15(17)2/h5-12,14,23H,3-4,13H2,1-2H3.